The van der Waals surface area contributed by atoms with Gasteiger partial charge in [-0.15, -0.1) is 0 Å². The van der Waals surface area contributed by atoms with Gasteiger partial charge in [0.2, 0.25) is 0 Å². The second-order valence-corrected chi connectivity index (χ2v) is 6.42. The molecule has 1 amide bonds. The number of carbonyl (C=O) groups is 1. The van der Waals surface area contributed by atoms with Crippen molar-refractivity contribution in [2.45, 2.75) is 26.2 Å². The Hall–Kier alpha value is -1.55. The molecule has 22 heavy (non-hydrogen) atoms. The van der Waals surface area contributed by atoms with Gasteiger partial charge in [-0.05, 0) is 61.9 Å². The van der Waals surface area contributed by atoms with Crippen molar-refractivity contribution in [3.8, 4) is 5.75 Å². The zero-order chi connectivity index (χ0) is 15.4. The fourth-order valence-electron chi connectivity index (χ4n) is 3.53. The summed E-state index contributed by atoms with van der Waals surface area (Å²) < 4.78 is 5.65. The summed E-state index contributed by atoms with van der Waals surface area (Å²) in [5.41, 5.74) is 1.28. The molecule has 0 aromatic heterocycles. The molecule has 0 unspecified atom stereocenters. The highest BCUT2D eigenvalue weighted by Gasteiger charge is 2.31. The lowest BCUT2D eigenvalue weighted by Crippen LogP contribution is -2.36. The average Bonchev–Trinajstić information content (AvgIpc) is 2.91. The fourth-order valence-corrected chi connectivity index (χ4v) is 3.53. The molecule has 2 heterocycles. The molecule has 0 radical (unpaired) electrons. The molecule has 2 fully saturated rings. The molecule has 4 nitrogen and oxygen atoms in total. The van der Waals surface area contributed by atoms with E-state index in [1.807, 2.05) is 17.0 Å². The van der Waals surface area contributed by atoms with Gasteiger partial charge < -0.3 is 15.0 Å². The van der Waals surface area contributed by atoms with E-state index in [0.29, 0.717) is 0 Å². The highest BCUT2D eigenvalue weighted by Crippen LogP contribution is 2.27. The highest BCUT2D eigenvalue weighted by molar-refractivity contribution is 5.77. The molecule has 1 N–H and O–H groups in total. The number of carbonyl (C=O) groups excluding carboxylic acids is 1. The van der Waals surface area contributed by atoms with Gasteiger partial charge in [-0.2, -0.15) is 0 Å². The van der Waals surface area contributed by atoms with E-state index >= 15 is 0 Å². The summed E-state index contributed by atoms with van der Waals surface area (Å²) >= 11 is 0. The van der Waals surface area contributed by atoms with Crippen molar-refractivity contribution in [3.05, 3.63) is 29.8 Å². The summed E-state index contributed by atoms with van der Waals surface area (Å²) in [6, 6.07) is 8.01. The number of likely N-dealkylation sites (tertiary alicyclic amines) is 1. The van der Waals surface area contributed by atoms with Crippen molar-refractivity contribution in [2.75, 3.05) is 32.8 Å². The van der Waals surface area contributed by atoms with Crippen LogP contribution in [-0.4, -0.2) is 43.6 Å². The van der Waals surface area contributed by atoms with Crippen molar-refractivity contribution in [2.24, 2.45) is 11.8 Å². The van der Waals surface area contributed by atoms with Crippen LogP contribution in [0.4, 0.5) is 0 Å². The van der Waals surface area contributed by atoms with Crippen LogP contribution >= 0.6 is 0 Å². The normalized spacial score (nSPS) is 24.7. The van der Waals surface area contributed by atoms with Crippen LogP contribution in [0.5, 0.6) is 5.75 Å². The number of nitrogens with zero attached hydrogens (tertiary/aromatic N) is 1. The van der Waals surface area contributed by atoms with Crippen LogP contribution in [0, 0.1) is 11.8 Å². The number of hydrogen-bond acceptors (Lipinski definition) is 3. The quantitative estimate of drug-likeness (QED) is 0.926. The first-order valence-electron chi connectivity index (χ1n) is 8.46. The van der Waals surface area contributed by atoms with E-state index in [-0.39, 0.29) is 12.5 Å². The molecule has 1 aromatic carbocycles. The summed E-state index contributed by atoms with van der Waals surface area (Å²) in [4.78, 5) is 14.3. The minimum Gasteiger partial charge on any atom is -0.484 e. The predicted molar refractivity (Wildman–Crippen MR) is 87.0 cm³/mol. The lowest BCUT2D eigenvalue weighted by molar-refractivity contribution is -0.133. The van der Waals surface area contributed by atoms with E-state index in [4.69, 9.17) is 4.74 Å². The lowest BCUT2D eigenvalue weighted by atomic mass is 9.92. The van der Waals surface area contributed by atoms with Crippen LogP contribution in [0.1, 0.15) is 25.3 Å². The molecule has 0 spiro atoms. The molecule has 3 rings (SSSR count). The molecule has 2 aliphatic rings. The third kappa shape index (κ3) is 3.61. The first-order valence-corrected chi connectivity index (χ1v) is 8.46. The van der Waals surface area contributed by atoms with Crippen LogP contribution in [0.15, 0.2) is 24.3 Å². The standard InChI is InChI=1S/C18H26N2O2/c1-2-14-3-5-17(6-4-14)22-13-18(21)20-9-7-15-11-19-12-16(15)8-10-20/h3-6,15-16,19H,2,7-13H2,1H3/t15-,16+. The second kappa shape index (κ2) is 7.14. The summed E-state index contributed by atoms with van der Waals surface area (Å²) in [7, 11) is 0. The minimum atomic E-state index is 0.118. The third-order valence-corrected chi connectivity index (χ3v) is 5.07. The first-order chi connectivity index (χ1) is 10.8. The summed E-state index contributed by atoms with van der Waals surface area (Å²) in [6.07, 6.45) is 3.26. The molecule has 0 bridgehead atoms. The van der Waals surface area contributed by atoms with Crippen LogP contribution in [-0.2, 0) is 11.2 Å². The van der Waals surface area contributed by atoms with Gasteiger partial charge in [0.1, 0.15) is 5.75 Å². The van der Waals surface area contributed by atoms with Gasteiger partial charge in [-0.1, -0.05) is 19.1 Å². The smallest absolute Gasteiger partial charge is 0.260 e. The lowest BCUT2D eigenvalue weighted by Gasteiger charge is -2.21. The molecule has 120 valence electrons. The molecule has 1 aromatic rings. The largest absolute Gasteiger partial charge is 0.484 e. The molecule has 2 saturated heterocycles. The van der Waals surface area contributed by atoms with E-state index in [0.717, 1.165) is 63.0 Å². The number of ether oxygens (including phenoxy) is 1. The Kier molecular flexibility index (Phi) is 4.98. The van der Waals surface area contributed by atoms with Gasteiger partial charge in [-0.25, -0.2) is 0 Å². The molecule has 4 heteroatoms. The van der Waals surface area contributed by atoms with Crippen molar-refractivity contribution in [1.29, 1.82) is 0 Å². The Morgan fingerprint density at radius 3 is 2.41 bits per heavy atom. The third-order valence-electron chi connectivity index (χ3n) is 5.07. The Morgan fingerprint density at radius 2 is 1.82 bits per heavy atom. The van der Waals surface area contributed by atoms with Crippen molar-refractivity contribution >= 4 is 5.91 Å². The Bertz CT molecular complexity index is 486. The van der Waals surface area contributed by atoms with Gasteiger partial charge in [0, 0.05) is 13.1 Å². The fraction of sp³-hybridized carbons (Fsp3) is 0.611. The summed E-state index contributed by atoms with van der Waals surface area (Å²) in [6.45, 7) is 6.27. The number of rotatable bonds is 4. The Labute approximate surface area is 132 Å². The summed E-state index contributed by atoms with van der Waals surface area (Å²) in [5.74, 6) is 2.40. The van der Waals surface area contributed by atoms with Crippen molar-refractivity contribution < 1.29 is 9.53 Å². The number of hydrogen-bond donors (Lipinski definition) is 1. The van der Waals surface area contributed by atoms with Crippen LogP contribution in [0.25, 0.3) is 0 Å². The number of fused-ring (bicyclic) bond motifs is 1. The van der Waals surface area contributed by atoms with E-state index in [1.165, 1.54) is 5.56 Å². The van der Waals surface area contributed by atoms with Crippen LogP contribution in [0.3, 0.4) is 0 Å². The average molecular weight is 302 g/mol. The number of nitrogens with one attached hydrogen (secondary N) is 1. The SMILES string of the molecule is CCc1ccc(OCC(=O)N2CC[C@@H]3CNC[C@@H]3CC2)cc1. The first kappa shape index (κ1) is 15.3. The zero-order valence-corrected chi connectivity index (χ0v) is 13.4. The number of aryl methyl sites for hydroxylation is 1. The second-order valence-electron chi connectivity index (χ2n) is 6.42. The Balaban J connectivity index is 1.48. The molecule has 2 atom stereocenters. The van der Waals surface area contributed by atoms with E-state index < -0.39 is 0 Å². The van der Waals surface area contributed by atoms with E-state index in [1.54, 1.807) is 0 Å². The molecular formula is C18H26N2O2. The monoisotopic (exact) mass is 302 g/mol. The number of benzene rings is 1. The van der Waals surface area contributed by atoms with Crippen molar-refractivity contribution in [3.63, 3.8) is 0 Å². The van der Waals surface area contributed by atoms with Crippen LogP contribution in [0.2, 0.25) is 0 Å². The van der Waals surface area contributed by atoms with E-state index in [9.17, 15) is 4.79 Å². The van der Waals surface area contributed by atoms with Gasteiger partial charge in [0.25, 0.3) is 5.91 Å². The van der Waals surface area contributed by atoms with Crippen molar-refractivity contribution in [1.82, 2.24) is 10.2 Å². The number of amides is 1. The maximum atomic E-state index is 12.4. The molecule has 2 aliphatic heterocycles. The van der Waals surface area contributed by atoms with Gasteiger partial charge >= 0.3 is 0 Å². The molecule has 0 aliphatic carbocycles. The molecular weight excluding hydrogens is 276 g/mol. The highest BCUT2D eigenvalue weighted by atomic mass is 16.5. The van der Waals surface area contributed by atoms with Gasteiger partial charge in [0.05, 0.1) is 0 Å². The van der Waals surface area contributed by atoms with Gasteiger partial charge in [-0.3, -0.25) is 4.79 Å². The zero-order valence-electron chi connectivity index (χ0n) is 13.4. The maximum Gasteiger partial charge on any atom is 0.260 e. The maximum absolute atomic E-state index is 12.4. The molecule has 0 saturated carbocycles. The topological polar surface area (TPSA) is 41.6 Å². The van der Waals surface area contributed by atoms with E-state index in [2.05, 4.69) is 24.4 Å². The predicted octanol–water partition coefficient (Wildman–Crippen LogP) is 2.09. The van der Waals surface area contributed by atoms with Gasteiger partial charge in [0.15, 0.2) is 6.61 Å². The van der Waals surface area contributed by atoms with Crippen LogP contribution < -0.4 is 10.1 Å². The minimum absolute atomic E-state index is 0.118. The Morgan fingerprint density at radius 1 is 1.18 bits per heavy atom. The summed E-state index contributed by atoms with van der Waals surface area (Å²) in [5, 5.41) is 3.46.